The van der Waals surface area contributed by atoms with Gasteiger partial charge in [0.1, 0.15) is 0 Å². The largest absolute Gasteiger partial charge is 0.396 e. The van der Waals surface area contributed by atoms with Crippen LogP contribution < -0.4 is 11.1 Å². The number of nitrogens with one attached hydrogen (secondary N) is 1. The van der Waals surface area contributed by atoms with Gasteiger partial charge in [-0.1, -0.05) is 41.9 Å². The molecule has 0 saturated heterocycles. The molecule has 2 aromatic carbocycles. The van der Waals surface area contributed by atoms with Gasteiger partial charge >= 0.3 is 0 Å². The Morgan fingerprint density at radius 1 is 1.17 bits per heavy atom. The number of rotatable bonds is 5. The number of aliphatic hydroxyl groups is 1. The van der Waals surface area contributed by atoms with Gasteiger partial charge in [-0.2, -0.15) is 0 Å². The molecule has 4 N–H and O–H groups in total. The number of benzene rings is 2. The zero-order chi connectivity index (χ0) is 16.6. The Morgan fingerprint density at radius 2 is 1.83 bits per heavy atom. The SMILES string of the molecule is CC(C)(O)c1ccc(-c2ccc(NCC3CC3)c(N)c2Cl)cc1. The lowest BCUT2D eigenvalue weighted by Crippen LogP contribution is -2.14. The maximum atomic E-state index is 10.0. The number of halogens is 1. The van der Waals surface area contributed by atoms with Crippen molar-refractivity contribution < 1.29 is 5.11 Å². The molecule has 1 saturated carbocycles. The molecule has 0 aliphatic heterocycles. The topological polar surface area (TPSA) is 58.3 Å². The number of hydrogen-bond donors (Lipinski definition) is 3. The van der Waals surface area contributed by atoms with Crippen LogP contribution in [0.25, 0.3) is 11.1 Å². The molecule has 4 heteroatoms. The Hall–Kier alpha value is -1.71. The molecule has 1 aliphatic rings. The van der Waals surface area contributed by atoms with E-state index in [1.54, 1.807) is 13.8 Å². The van der Waals surface area contributed by atoms with Gasteiger partial charge in [0.2, 0.25) is 0 Å². The van der Waals surface area contributed by atoms with Crippen LogP contribution in [0.3, 0.4) is 0 Å². The highest BCUT2D eigenvalue weighted by Gasteiger charge is 2.21. The zero-order valence-electron chi connectivity index (χ0n) is 13.6. The minimum Gasteiger partial charge on any atom is -0.396 e. The summed E-state index contributed by atoms with van der Waals surface area (Å²) in [5.74, 6) is 0.780. The zero-order valence-corrected chi connectivity index (χ0v) is 14.3. The lowest BCUT2D eigenvalue weighted by molar-refractivity contribution is 0.0786. The van der Waals surface area contributed by atoms with Crippen LogP contribution in [-0.2, 0) is 5.60 Å². The van der Waals surface area contributed by atoms with Crippen LogP contribution in [0.5, 0.6) is 0 Å². The quantitative estimate of drug-likeness (QED) is 0.700. The second kappa shape index (κ2) is 6.06. The summed E-state index contributed by atoms with van der Waals surface area (Å²) in [6, 6.07) is 11.7. The van der Waals surface area contributed by atoms with Crippen LogP contribution in [0.15, 0.2) is 36.4 Å². The summed E-state index contributed by atoms with van der Waals surface area (Å²) < 4.78 is 0. The first kappa shape index (κ1) is 16.2. The maximum Gasteiger partial charge on any atom is 0.0840 e. The first-order valence-electron chi connectivity index (χ1n) is 8.01. The van der Waals surface area contributed by atoms with Crippen molar-refractivity contribution in [3.8, 4) is 11.1 Å². The van der Waals surface area contributed by atoms with Crippen LogP contribution in [0, 0.1) is 5.92 Å². The maximum absolute atomic E-state index is 10.0. The minimum absolute atomic E-state index is 0.571. The molecule has 122 valence electrons. The smallest absolute Gasteiger partial charge is 0.0840 e. The van der Waals surface area contributed by atoms with E-state index in [1.165, 1.54) is 12.8 Å². The second-order valence-corrected chi connectivity index (χ2v) is 7.23. The molecule has 1 fully saturated rings. The third-order valence-corrected chi connectivity index (χ3v) is 4.77. The summed E-state index contributed by atoms with van der Waals surface area (Å²) in [7, 11) is 0. The van der Waals surface area contributed by atoms with E-state index in [0.29, 0.717) is 10.7 Å². The van der Waals surface area contributed by atoms with Crippen LogP contribution in [0.2, 0.25) is 5.02 Å². The molecule has 3 rings (SSSR count). The monoisotopic (exact) mass is 330 g/mol. The van der Waals surface area contributed by atoms with Crippen LogP contribution in [0.4, 0.5) is 11.4 Å². The molecular weight excluding hydrogens is 308 g/mol. The Labute approximate surface area is 142 Å². The Bertz CT molecular complexity index is 701. The van der Waals surface area contributed by atoms with E-state index in [2.05, 4.69) is 5.32 Å². The average Bonchev–Trinajstić information content (AvgIpc) is 3.32. The molecule has 0 amide bonds. The first-order valence-corrected chi connectivity index (χ1v) is 8.39. The molecule has 2 aromatic rings. The molecule has 0 heterocycles. The molecular formula is C19H23ClN2O. The van der Waals surface area contributed by atoms with Crippen molar-refractivity contribution in [3.63, 3.8) is 0 Å². The number of nitrogen functional groups attached to an aromatic ring is 1. The van der Waals surface area contributed by atoms with Gasteiger partial charge in [0.05, 0.1) is 22.0 Å². The predicted octanol–water partition coefficient (Wildman–Crippen LogP) is 4.64. The number of hydrogen-bond acceptors (Lipinski definition) is 3. The summed E-state index contributed by atoms with van der Waals surface area (Å²) in [6.07, 6.45) is 2.60. The van der Waals surface area contributed by atoms with Gasteiger partial charge in [-0.15, -0.1) is 0 Å². The fraction of sp³-hybridized carbons (Fsp3) is 0.368. The van der Waals surface area contributed by atoms with Gasteiger partial charge in [-0.05, 0) is 49.8 Å². The van der Waals surface area contributed by atoms with E-state index in [0.717, 1.165) is 34.8 Å². The lowest BCUT2D eigenvalue weighted by atomic mass is 9.95. The van der Waals surface area contributed by atoms with Gasteiger partial charge < -0.3 is 16.2 Å². The average molecular weight is 331 g/mol. The number of nitrogens with two attached hydrogens (primary N) is 1. The van der Waals surface area contributed by atoms with E-state index in [4.69, 9.17) is 17.3 Å². The summed E-state index contributed by atoms with van der Waals surface area (Å²) in [5, 5.41) is 14.0. The van der Waals surface area contributed by atoms with Crippen molar-refractivity contribution in [1.29, 1.82) is 0 Å². The lowest BCUT2D eigenvalue weighted by Gasteiger charge is -2.18. The fourth-order valence-electron chi connectivity index (χ4n) is 2.60. The van der Waals surface area contributed by atoms with Crippen LogP contribution in [-0.4, -0.2) is 11.7 Å². The van der Waals surface area contributed by atoms with Crippen molar-refractivity contribution in [1.82, 2.24) is 0 Å². The normalized spacial score (nSPS) is 14.8. The van der Waals surface area contributed by atoms with Crippen molar-refractivity contribution >= 4 is 23.0 Å². The highest BCUT2D eigenvalue weighted by atomic mass is 35.5. The Kier molecular flexibility index (Phi) is 4.26. The standard InChI is InChI=1S/C19H23ClN2O/c1-19(2,23)14-7-5-13(6-8-14)15-9-10-16(18(21)17(15)20)22-11-12-3-4-12/h5-10,12,22-23H,3-4,11,21H2,1-2H3. The predicted molar refractivity (Wildman–Crippen MR) is 97.8 cm³/mol. The molecule has 0 atom stereocenters. The summed E-state index contributed by atoms with van der Waals surface area (Å²) in [6.45, 7) is 4.50. The molecule has 0 aromatic heterocycles. The van der Waals surface area contributed by atoms with Gasteiger partial charge in [0.25, 0.3) is 0 Å². The van der Waals surface area contributed by atoms with Gasteiger partial charge in [0, 0.05) is 12.1 Å². The highest BCUT2D eigenvalue weighted by molar-refractivity contribution is 6.36. The van der Waals surface area contributed by atoms with E-state index >= 15 is 0 Å². The van der Waals surface area contributed by atoms with E-state index in [9.17, 15) is 5.11 Å². The van der Waals surface area contributed by atoms with Gasteiger partial charge in [-0.25, -0.2) is 0 Å². The van der Waals surface area contributed by atoms with Crippen LogP contribution >= 0.6 is 11.6 Å². The first-order chi connectivity index (χ1) is 10.9. The third-order valence-electron chi connectivity index (χ3n) is 4.36. The molecule has 0 bridgehead atoms. The summed E-state index contributed by atoms with van der Waals surface area (Å²) in [4.78, 5) is 0. The van der Waals surface area contributed by atoms with E-state index in [1.807, 2.05) is 36.4 Å². The van der Waals surface area contributed by atoms with E-state index < -0.39 is 5.60 Å². The Morgan fingerprint density at radius 3 is 2.39 bits per heavy atom. The fourth-order valence-corrected chi connectivity index (χ4v) is 2.88. The van der Waals surface area contributed by atoms with Gasteiger partial charge in [-0.3, -0.25) is 0 Å². The Balaban J connectivity index is 1.86. The van der Waals surface area contributed by atoms with Gasteiger partial charge in [0.15, 0.2) is 0 Å². The summed E-state index contributed by atoms with van der Waals surface area (Å²) >= 11 is 6.48. The molecule has 1 aliphatic carbocycles. The minimum atomic E-state index is -0.849. The van der Waals surface area contributed by atoms with Crippen molar-refractivity contribution in [3.05, 3.63) is 47.0 Å². The number of anilines is 2. The second-order valence-electron chi connectivity index (χ2n) is 6.85. The highest BCUT2D eigenvalue weighted by Crippen LogP contribution is 2.38. The van der Waals surface area contributed by atoms with Crippen molar-refractivity contribution in [2.45, 2.75) is 32.3 Å². The molecule has 0 spiro atoms. The van der Waals surface area contributed by atoms with Crippen molar-refractivity contribution in [2.75, 3.05) is 17.6 Å². The third kappa shape index (κ3) is 3.62. The summed E-state index contributed by atoms with van der Waals surface area (Å²) in [5.41, 5.74) is 9.60. The molecule has 3 nitrogen and oxygen atoms in total. The molecule has 0 radical (unpaired) electrons. The molecule has 23 heavy (non-hydrogen) atoms. The van der Waals surface area contributed by atoms with Crippen LogP contribution in [0.1, 0.15) is 32.3 Å². The van der Waals surface area contributed by atoms with Crippen molar-refractivity contribution in [2.24, 2.45) is 5.92 Å². The molecule has 0 unspecified atom stereocenters. The van der Waals surface area contributed by atoms with E-state index in [-0.39, 0.29) is 0 Å².